The zero-order valence-electron chi connectivity index (χ0n) is 35.0. The Hall–Kier alpha value is -6.66. The van der Waals surface area contributed by atoms with Gasteiger partial charge in [-0.25, -0.2) is 0 Å². The smallest absolute Gasteiger partial charge is 0.162 e. The lowest BCUT2D eigenvalue weighted by atomic mass is 9.77. The number of aryl methyl sites for hydroxylation is 1. The topological polar surface area (TPSA) is 67.2 Å². The van der Waals surface area contributed by atoms with E-state index in [1.54, 1.807) is 0 Å². The van der Waals surface area contributed by atoms with Crippen LogP contribution in [0, 0.1) is 6.92 Å². The number of benzene rings is 9. The lowest BCUT2D eigenvalue weighted by Crippen LogP contribution is -2.49. The largest absolute Gasteiger partial charge is 0.504 e. The molecule has 2 saturated heterocycles. The van der Waals surface area contributed by atoms with Crippen molar-refractivity contribution in [2.45, 2.75) is 55.9 Å². The molecule has 0 saturated carbocycles. The number of aromatic hydroxyl groups is 1. The highest BCUT2D eigenvalue weighted by Crippen LogP contribution is 2.51. The quantitative estimate of drug-likeness (QED) is 0.143. The third-order valence-electron chi connectivity index (χ3n) is 14.1. The number of phenolic OH excluding ortho intramolecular Hbond substituents is 1. The number of anilines is 2. The van der Waals surface area contributed by atoms with Crippen LogP contribution < -0.4 is 9.80 Å². The number of hydrogen-bond acceptors (Lipinski definition) is 5. The van der Waals surface area contributed by atoms with Gasteiger partial charge in [-0.2, -0.15) is 0 Å². The van der Waals surface area contributed by atoms with Gasteiger partial charge in [-0.3, -0.25) is 0 Å². The van der Waals surface area contributed by atoms with Gasteiger partial charge in [0.05, 0.1) is 23.5 Å². The van der Waals surface area contributed by atoms with E-state index in [4.69, 9.17) is 0 Å². The molecule has 5 heteroatoms. The summed E-state index contributed by atoms with van der Waals surface area (Å²) in [5.41, 5.74) is 2.88. The average molecular weight is 811 g/mol. The molecule has 2 atom stereocenters. The minimum absolute atomic E-state index is 0.174. The first-order chi connectivity index (χ1) is 30.3. The molecule has 0 spiro atoms. The van der Waals surface area contributed by atoms with E-state index in [1.807, 2.05) is 48.5 Å². The van der Waals surface area contributed by atoms with Gasteiger partial charge in [-0.15, -0.1) is 0 Å². The molecule has 0 aliphatic carbocycles. The molecule has 11 rings (SSSR count). The maximum absolute atomic E-state index is 13.6. The summed E-state index contributed by atoms with van der Waals surface area (Å²) in [6, 6.07) is 61.9. The lowest BCUT2D eigenvalue weighted by molar-refractivity contribution is 0.0530. The van der Waals surface area contributed by atoms with Crippen molar-refractivity contribution in [1.82, 2.24) is 0 Å². The monoisotopic (exact) mass is 810 g/mol. The van der Waals surface area contributed by atoms with Gasteiger partial charge in [0.1, 0.15) is 11.2 Å². The number of hydrogen-bond donors (Lipinski definition) is 3. The summed E-state index contributed by atoms with van der Waals surface area (Å²) >= 11 is 0. The number of phenols is 1. The van der Waals surface area contributed by atoms with Crippen LogP contribution in [0.15, 0.2) is 182 Å². The molecular formula is C57H50N2O3. The fourth-order valence-electron chi connectivity index (χ4n) is 11.0. The Morgan fingerprint density at radius 3 is 1.00 bits per heavy atom. The van der Waals surface area contributed by atoms with Crippen LogP contribution >= 0.6 is 0 Å². The van der Waals surface area contributed by atoms with Crippen LogP contribution in [-0.4, -0.2) is 40.5 Å². The summed E-state index contributed by atoms with van der Waals surface area (Å²) in [7, 11) is 0. The van der Waals surface area contributed by atoms with E-state index in [1.165, 1.54) is 0 Å². The number of aliphatic hydroxyl groups is 2. The molecule has 2 heterocycles. The van der Waals surface area contributed by atoms with Crippen molar-refractivity contribution in [3.05, 3.63) is 210 Å². The standard InChI is InChI=1S/C57H50N2O3/c1-38-32-51(58-30-10-20-53(58)56(61,47-26-22-39-12-2-6-16-43(39)34-47)48-27-23-40-13-3-7-17-44(40)35-48)55(60)52(33-38)59-31-11-21-54(59)57(62,49-28-24-41-14-4-8-18-45(41)36-49)50-29-25-42-15-5-9-19-46(42)37-50/h2-9,12-19,22-29,32-37,53-54,60-62H,10-11,20-21,30-31H2,1H3/t53-,54-/m0/s1. The zero-order valence-corrected chi connectivity index (χ0v) is 35.0. The molecule has 62 heavy (non-hydrogen) atoms. The molecule has 0 amide bonds. The first-order valence-corrected chi connectivity index (χ1v) is 22.1. The molecular weight excluding hydrogens is 761 g/mol. The third kappa shape index (κ3) is 6.21. The Morgan fingerprint density at radius 1 is 0.403 bits per heavy atom. The van der Waals surface area contributed by atoms with E-state index < -0.39 is 11.2 Å². The molecule has 2 aliphatic heterocycles. The van der Waals surface area contributed by atoms with Crippen LogP contribution in [0.25, 0.3) is 43.1 Å². The minimum Gasteiger partial charge on any atom is -0.504 e. The zero-order chi connectivity index (χ0) is 42.0. The van der Waals surface area contributed by atoms with Gasteiger partial charge in [0, 0.05) is 13.1 Å². The SMILES string of the molecule is Cc1cc(N2CCC[C@H]2C(O)(c2ccc3ccccc3c2)c2ccc3ccccc3c2)c(O)c(N2CCC[C@H]2C(O)(c2ccc3ccccc3c2)c2ccc3ccccc3c2)c1. The molecule has 2 fully saturated rings. The Labute approximate surface area is 362 Å². The maximum Gasteiger partial charge on any atom is 0.162 e. The second-order valence-electron chi connectivity index (χ2n) is 17.6. The van der Waals surface area contributed by atoms with Gasteiger partial charge in [0.25, 0.3) is 0 Å². The normalized spacial score (nSPS) is 17.2. The van der Waals surface area contributed by atoms with Gasteiger partial charge in [-0.05, 0) is 140 Å². The van der Waals surface area contributed by atoms with Gasteiger partial charge in [0.15, 0.2) is 5.75 Å². The molecule has 9 aromatic carbocycles. The van der Waals surface area contributed by atoms with Crippen molar-refractivity contribution in [3.8, 4) is 5.75 Å². The first-order valence-electron chi connectivity index (χ1n) is 22.1. The average Bonchev–Trinajstić information content (AvgIpc) is 4.03. The van der Waals surface area contributed by atoms with Crippen LogP contribution in [0.1, 0.15) is 53.5 Å². The predicted molar refractivity (Wildman–Crippen MR) is 255 cm³/mol. The Balaban J connectivity index is 1.04. The summed E-state index contributed by atoms with van der Waals surface area (Å²) in [6.07, 6.45) is 3.17. The maximum atomic E-state index is 13.6. The fraction of sp³-hybridized carbons (Fsp3) is 0.193. The number of nitrogens with zero attached hydrogens (tertiary/aromatic N) is 2. The molecule has 9 aromatic rings. The molecule has 2 aliphatic rings. The third-order valence-corrected chi connectivity index (χ3v) is 14.1. The Bertz CT molecular complexity index is 2790. The van der Waals surface area contributed by atoms with Crippen LogP contribution in [0.3, 0.4) is 0 Å². The van der Waals surface area contributed by atoms with Crippen LogP contribution in [0.2, 0.25) is 0 Å². The molecule has 0 unspecified atom stereocenters. The van der Waals surface area contributed by atoms with Crippen molar-refractivity contribution in [3.63, 3.8) is 0 Å². The summed E-state index contributed by atoms with van der Waals surface area (Å²) in [6.45, 7) is 3.43. The van der Waals surface area contributed by atoms with Gasteiger partial charge < -0.3 is 25.1 Å². The van der Waals surface area contributed by atoms with E-state index in [0.29, 0.717) is 24.5 Å². The first kappa shape index (κ1) is 38.3. The van der Waals surface area contributed by atoms with Crippen molar-refractivity contribution in [2.24, 2.45) is 0 Å². The minimum atomic E-state index is -1.41. The predicted octanol–water partition coefficient (Wildman–Crippen LogP) is 12.1. The van der Waals surface area contributed by atoms with E-state index in [-0.39, 0.29) is 17.8 Å². The van der Waals surface area contributed by atoms with Crippen LogP contribution in [-0.2, 0) is 11.2 Å². The highest BCUT2D eigenvalue weighted by Gasteiger charge is 2.49. The molecule has 5 nitrogen and oxygen atoms in total. The number of fused-ring (bicyclic) bond motifs is 4. The summed E-state index contributed by atoms with van der Waals surface area (Å²) in [5.74, 6) is 0.174. The number of rotatable bonds is 8. The van der Waals surface area contributed by atoms with Crippen molar-refractivity contribution in [2.75, 3.05) is 22.9 Å². The summed E-state index contributed by atoms with van der Waals surface area (Å²) in [5, 5.41) is 48.8. The van der Waals surface area contributed by atoms with E-state index in [2.05, 4.69) is 150 Å². The van der Waals surface area contributed by atoms with Gasteiger partial charge >= 0.3 is 0 Å². The highest BCUT2D eigenvalue weighted by atomic mass is 16.3. The van der Waals surface area contributed by atoms with Crippen molar-refractivity contribution >= 4 is 54.5 Å². The van der Waals surface area contributed by atoms with Crippen LogP contribution in [0.4, 0.5) is 11.4 Å². The second-order valence-corrected chi connectivity index (χ2v) is 17.6. The molecule has 0 bridgehead atoms. The van der Waals surface area contributed by atoms with E-state index in [9.17, 15) is 15.3 Å². The van der Waals surface area contributed by atoms with Gasteiger partial charge in [0.2, 0.25) is 0 Å². The summed E-state index contributed by atoms with van der Waals surface area (Å²) < 4.78 is 0. The van der Waals surface area contributed by atoms with E-state index >= 15 is 0 Å². The Kier molecular flexibility index (Phi) is 9.29. The van der Waals surface area contributed by atoms with Gasteiger partial charge in [-0.1, -0.05) is 146 Å². The molecule has 0 aromatic heterocycles. The van der Waals surface area contributed by atoms with Crippen molar-refractivity contribution < 1.29 is 15.3 Å². The van der Waals surface area contributed by atoms with Crippen LogP contribution in [0.5, 0.6) is 5.75 Å². The van der Waals surface area contributed by atoms with Crippen molar-refractivity contribution in [1.29, 1.82) is 0 Å². The second kappa shape index (κ2) is 15.1. The van der Waals surface area contributed by atoms with E-state index in [0.717, 1.165) is 96.6 Å². The molecule has 306 valence electrons. The highest BCUT2D eigenvalue weighted by molar-refractivity contribution is 5.87. The molecule has 3 N–H and O–H groups in total. The fourth-order valence-corrected chi connectivity index (χ4v) is 11.0. The summed E-state index contributed by atoms with van der Waals surface area (Å²) in [4.78, 5) is 4.50. The lowest BCUT2D eigenvalue weighted by Gasteiger charge is -2.43. The molecule has 0 radical (unpaired) electrons. The Morgan fingerprint density at radius 2 is 0.694 bits per heavy atom.